The minimum Gasteiger partial charge on any atom is -0.403 e. The molecule has 1 aromatic heterocycles. The van der Waals surface area contributed by atoms with Crippen LogP contribution in [0.4, 0.5) is 0 Å². The largest absolute Gasteiger partial charge is 0.461 e. The molecule has 1 aliphatic rings. The molecule has 1 aliphatic heterocycles. The molecule has 0 spiro atoms. The zero-order chi connectivity index (χ0) is 13.4. The first-order valence-electron chi connectivity index (χ1n) is 6.57. The highest BCUT2D eigenvalue weighted by Crippen LogP contribution is 2.40. The average Bonchev–Trinajstić information content (AvgIpc) is 2.50. The van der Waals surface area contributed by atoms with Crippen LogP contribution in [0, 0.1) is 0 Å². The Morgan fingerprint density at radius 3 is 2.28 bits per heavy atom. The third kappa shape index (κ3) is 2.60. The van der Waals surface area contributed by atoms with Crippen LogP contribution in [0.5, 0.6) is 0 Å². The van der Waals surface area contributed by atoms with E-state index in [0.29, 0.717) is 5.82 Å². The summed E-state index contributed by atoms with van der Waals surface area (Å²) in [6.45, 7) is 10.5. The molecule has 0 amide bonds. The van der Waals surface area contributed by atoms with Crippen LogP contribution in [0.1, 0.15) is 40.3 Å². The number of nitrogens with zero attached hydrogens (tertiary/aromatic N) is 1. The van der Waals surface area contributed by atoms with E-state index in [1.165, 1.54) is 0 Å². The summed E-state index contributed by atoms with van der Waals surface area (Å²) in [6, 6.07) is 5.99. The molecule has 1 saturated heterocycles. The van der Waals surface area contributed by atoms with Crippen molar-refractivity contribution in [1.82, 2.24) is 4.98 Å². The van der Waals surface area contributed by atoms with E-state index in [-0.39, 0.29) is 18.3 Å². The lowest BCUT2D eigenvalue weighted by atomic mass is 9.70. The molecular formula is C14H22BNO2. The van der Waals surface area contributed by atoms with Gasteiger partial charge in [0.05, 0.1) is 11.2 Å². The predicted molar refractivity (Wildman–Crippen MR) is 73.4 cm³/mol. The molecule has 2 rings (SSSR count). The Morgan fingerprint density at radius 2 is 1.78 bits per heavy atom. The molecule has 98 valence electrons. The van der Waals surface area contributed by atoms with Gasteiger partial charge < -0.3 is 9.31 Å². The van der Waals surface area contributed by atoms with Crippen LogP contribution in [-0.4, -0.2) is 23.3 Å². The topological polar surface area (TPSA) is 31.4 Å². The molecule has 2 heterocycles. The maximum atomic E-state index is 6.05. The summed E-state index contributed by atoms with van der Waals surface area (Å²) >= 11 is 0. The van der Waals surface area contributed by atoms with Gasteiger partial charge >= 0.3 is 7.12 Å². The maximum Gasteiger partial charge on any atom is 0.461 e. The fourth-order valence-corrected chi connectivity index (χ4v) is 2.07. The summed E-state index contributed by atoms with van der Waals surface area (Å²) in [6.07, 6.45) is 2.70. The second kappa shape index (κ2) is 4.67. The molecule has 0 aliphatic carbocycles. The molecule has 0 aromatic carbocycles. The molecule has 0 bridgehead atoms. The number of rotatable bonds is 3. The van der Waals surface area contributed by atoms with E-state index in [9.17, 15) is 0 Å². The van der Waals surface area contributed by atoms with Crippen molar-refractivity contribution in [3.05, 3.63) is 30.1 Å². The zero-order valence-corrected chi connectivity index (χ0v) is 11.9. The second-order valence-corrected chi connectivity index (χ2v) is 6.13. The monoisotopic (exact) mass is 247 g/mol. The molecule has 3 nitrogen and oxygen atoms in total. The van der Waals surface area contributed by atoms with Crippen molar-refractivity contribution in [2.45, 2.75) is 58.1 Å². The van der Waals surface area contributed by atoms with Gasteiger partial charge in [0, 0.05) is 11.9 Å². The molecular weight excluding hydrogens is 225 g/mol. The second-order valence-electron chi connectivity index (χ2n) is 6.13. The van der Waals surface area contributed by atoms with E-state index in [2.05, 4.69) is 39.6 Å². The Labute approximate surface area is 110 Å². The van der Waals surface area contributed by atoms with E-state index in [1.807, 2.05) is 24.4 Å². The quantitative estimate of drug-likeness (QED) is 0.769. The smallest absolute Gasteiger partial charge is 0.403 e. The van der Waals surface area contributed by atoms with E-state index in [4.69, 9.17) is 9.31 Å². The van der Waals surface area contributed by atoms with Crippen LogP contribution in [0.3, 0.4) is 0 Å². The van der Waals surface area contributed by atoms with Gasteiger partial charge in [-0.1, -0.05) is 13.0 Å². The van der Waals surface area contributed by atoms with Crippen LogP contribution in [-0.2, 0) is 15.7 Å². The summed E-state index contributed by atoms with van der Waals surface area (Å²) in [4.78, 5) is 4.35. The lowest BCUT2D eigenvalue weighted by Gasteiger charge is -2.32. The number of hydrogen-bond acceptors (Lipinski definition) is 3. The summed E-state index contributed by atoms with van der Waals surface area (Å²) < 4.78 is 12.1. The maximum absolute atomic E-state index is 6.05. The van der Waals surface area contributed by atoms with Gasteiger partial charge in [-0.2, -0.15) is 0 Å². The van der Waals surface area contributed by atoms with Crippen molar-refractivity contribution < 1.29 is 9.31 Å². The van der Waals surface area contributed by atoms with Crippen molar-refractivity contribution >= 4 is 7.12 Å². The van der Waals surface area contributed by atoms with Crippen LogP contribution in [0.25, 0.3) is 0 Å². The number of hydrogen-bond donors (Lipinski definition) is 0. The van der Waals surface area contributed by atoms with Crippen molar-refractivity contribution in [3.8, 4) is 0 Å². The molecule has 1 fully saturated rings. The minimum atomic E-state index is -0.254. The first kappa shape index (κ1) is 13.6. The summed E-state index contributed by atoms with van der Waals surface area (Å²) in [7, 11) is -0.156. The molecule has 1 atom stereocenters. The summed E-state index contributed by atoms with van der Waals surface area (Å²) in [5, 5.41) is 0. The van der Waals surface area contributed by atoms with Gasteiger partial charge in [0.2, 0.25) is 0 Å². The van der Waals surface area contributed by atoms with Gasteiger partial charge in [-0.15, -0.1) is 0 Å². The van der Waals surface area contributed by atoms with Crippen molar-refractivity contribution in [2.24, 2.45) is 0 Å². The fraction of sp³-hybridized carbons (Fsp3) is 0.643. The third-order valence-corrected chi connectivity index (χ3v) is 3.99. The van der Waals surface area contributed by atoms with Gasteiger partial charge in [-0.25, -0.2) is 0 Å². The molecule has 0 saturated carbocycles. The molecule has 0 radical (unpaired) electrons. The van der Waals surface area contributed by atoms with E-state index in [0.717, 1.165) is 12.1 Å². The minimum absolute atomic E-state index is 0.156. The van der Waals surface area contributed by atoms with Crippen LogP contribution < -0.4 is 0 Å². The van der Waals surface area contributed by atoms with Crippen molar-refractivity contribution in [3.63, 3.8) is 0 Å². The van der Waals surface area contributed by atoms with Crippen LogP contribution in [0.2, 0.25) is 5.82 Å². The van der Waals surface area contributed by atoms with Gasteiger partial charge in [0.15, 0.2) is 0 Å². The van der Waals surface area contributed by atoms with E-state index >= 15 is 0 Å². The molecule has 0 N–H and O–H groups in total. The normalized spacial score (nSPS) is 23.1. The predicted octanol–water partition coefficient (Wildman–Crippen LogP) is 3.11. The highest BCUT2D eigenvalue weighted by atomic mass is 16.7. The van der Waals surface area contributed by atoms with Crippen LogP contribution >= 0.6 is 0 Å². The highest BCUT2D eigenvalue weighted by molar-refractivity contribution is 6.47. The van der Waals surface area contributed by atoms with E-state index < -0.39 is 0 Å². The average molecular weight is 247 g/mol. The first-order valence-corrected chi connectivity index (χ1v) is 6.57. The Hall–Kier alpha value is -0.865. The fourth-order valence-electron chi connectivity index (χ4n) is 2.07. The molecule has 18 heavy (non-hydrogen) atoms. The zero-order valence-electron chi connectivity index (χ0n) is 11.9. The first-order chi connectivity index (χ1) is 8.32. The molecule has 4 heteroatoms. The number of pyridine rings is 1. The summed E-state index contributed by atoms with van der Waals surface area (Å²) in [5.41, 5.74) is 0.575. The van der Waals surface area contributed by atoms with Crippen LogP contribution in [0.15, 0.2) is 24.4 Å². The number of aromatic nitrogens is 1. The molecule has 1 aromatic rings. The highest BCUT2D eigenvalue weighted by Gasteiger charge is 2.52. The van der Waals surface area contributed by atoms with Gasteiger partial charge in [0.25, 0.3) is 0 Å². The standard InChI is InChI=1S/C14H22BNO2/c1-11(10-12-8-6-7-9-16-12)15-17-13(2,3)14(4,5)18-15/h6-9,11H,10H2,1-5H3/t11-/m0/s1. The van der Waals surface area contributed by atoms with Crippen molar-refractivity contribution in [2.75, 3.05) is 0 Å². The van der Waals surface area contributed by atoms with Gasteiger partial charge in [0.1, 0.15) is 0 Å². The van der Waals surface area contributed by atoms with Gasteiger partial charge in [-0.05, 0) is 52.1 Å². The Morgan fingerprint density at radius 1 is 1.17 bits per heavy atom. The lowest BCUT2D eigenvalue weighted by molar-refractivity contribution is 0.00578. The SMILES string of the molecule is C[C@@H](Cc1ccccn1)B1OC(C)(C)C(C)(C)O1. The van der Waals surface area contributed by atoms with E-state index in [1.54, 1.807) is 0 Å². The van der Waals surface area contributed by atoms with Crippen molar-refractivity contribution in [1.29, 1.82) is 0 Å². The Balaban J connectivity index is 2.02. The Bertz CT molecular complexity index is 390. The summed E-state index contributed by atoms with van der Waals surface area (Å²) in [5.74, 6) is 0.293. The molecule has 0 unspecified atom stereocenters. The lowest BCUT2D eigenvalue weighted by Crippen LogP contribution is -2.41. The third-order valence-electron chi connectivity index (χ3n) is 3.99. The Kier molecular flexibility index (Phi) is 3.52. The van der Waals surface area contributed by atoms with Gasteiger partial charge in [-0.3, -0.25) is 4.98 Å².